The molecule has 1 aliphatic rings. The summed E-state index contributed by atoms with van der Waals surface area (Å²) in [5.41, 5.74) is 1.66. The monoisotopic (exact) mass is 483 g/mol. The number of imidazole rings is 1. The van der Waals surface area contributed by atoms with Gasteiger partial charge in [0.2, 0.25) is 5.91 Å². The number of hydrogen-bond donors (Lipinski definition) is 2. The first kappa shape index (κ1) is 23.9. The molecule has 0 radical (unpaired) electrons. The zero-order valence-corrected chi connectivity index (χ0v) is 19.6. The summed E-state index contributed by atoms with van der Waals surface area (Å²) in [6, 6.07) is 11.2. The molecule has 1 fully saturated rings. The fraction of sp³-hybridized carbons (Fsp3) is 0.292. The second kappa shape index (κ2) is 11.3. The first-order chi connectivity index (χ1) is 16.5. The molecule has 1 aromatic heterocycles. The number of rotatable bonds is 8. The van der Waals surface area contributed by atoms with Crippen molar-refractivity contribution in [3.63, 3.8) is 0 Å². The lowest BCUT2D eigenvalue weighted by Gasteiger charge is -2.26. The predicted molar refractivity (Wildman–Crippen MR) is 130 cm³/mol. The smallest absolute Gasteiger partial charge is 0.255 e. The Balaban J connectivity index is 1.40. The van der Waals surface area contributed by atoms with Gasteiger partial charge in [0, 0.05) is 55.4 Å². The molecular formula is C24H26FN5O3S. The maximum atomic E-state index is 14.3. The van der Waals surface area contributed by atoms with Crippen molar-refractivity contribution >= 4 is 35.0 Å². The molecule has 2 heterocycles. The molecule has 2 aromatic carbocycles. The molecule has 0 spiro atoms. The van der Waals surface area contributed by atoms with Crippen LogP contribution in [0.1, 0.15) is 16.8 Å². The minimum atomic E-state index is -0.565. The minimum Gasteiger partial charge on any atom is -0.379 e. The average molecular weight is 484 g/mol. The van der Waals surface area contributed by atoms with Crippen molar-refractivity contribution in [2.24, 2.45) is 0 Å². The zero-order valence-electron chi connectivity index (χ0n) is 18.8. The Morgan fingerprint density at radius 3 is 2.76 bits per heavy atom. The highest BCUT2D eigenvalue weighted by Crippen LogP contribution is 2.22. The summed E-state index contributed by atoms with van der Waals surface area (Å²) in [6.07, 6.45) is 5.71. The van der Waals surface area contributed by atoms with Crippen LogP contribution in [0.5, 0.6) is 0 Å². The van der Waals surface area contributed by atoms with Crippen LogP contribution >= 0.6 is 11.8 Å². The Kier molecular flexibility index (Phi) is 7.94. The van der Waals surface area contributed by atoms with Gasteiger partial charge in [-0.05, 0) is 42.7 Å². The van der Waals surface area contributed by atoms with Crippen LogP contribution in [0.2, 0.25) is 0 Å². The highest BCUT2D eigenvalue weighted by atomic mass is 32.2. The quantitative estimate of drug-likeness (QED) is 0.476. The lowest BCUT2D eigenvalue weighted by molar-refractivity contribution is -0.116. The molecule has 10 heteroatoms. The van der Waals surface area contributed by atoms with E-state index in [0.29, 0.717) is 31.0 Å². The standard InChI is InChI=1S/C24H26FN5O3S/c1-34-24-26-8-10-30(24)19-4-2-3-17(15-19)23(32)27-18-5-6-20(25)21(16-18)28-22(31)7-9-29-11-13-33-14-12-29/h2-6,8,10,15-16H,7,9,11-14H2,1H3,(H,27,32)(H,28,31). The third-order valence-electron chi connectivity index (χ3n) is 5.43. The number of anilines is 2. The average Bonchev–Trinajstić information content (AvgIpc) is 3.34. The summed E-state index contributed by atoms with van der Waals surface area (Å²) in [5.74, 6) is -1.19. The van der Waals surface area contributed by atoms with Crippen LogP contribution in [0.25, 0.3) is 5.69 Å². The van der Waals surface area contributed by atoms with Crippen molar-refractivity contribution < 1.29 is 18.7 Å². The fourth-order valence-corrected chi connectivity index (χ4v) is 4.16. The molecule has 34 heavy (non-hydrogen) atoms. The van der Waals surface area contributed by atoms with Crippen LogP contribution in [0, 0.1) is 5.82 Å². The minimum absolute atomic E-state index is 0.0292. The largest absolute Gasteiger partial charge is 0.379 e. The van der Waals surface area contributed by atoms with Gasteiger partial charge in [-0.25, -0.2) is 9.37 Å². The Morgan fingerprint density at radius 1 is 1.15 bits per heavy atom. The molecule has 8 nitrogen and oxygen atoms in total. The molecule has 0 unspecified atom stereocenters. The number of morpholine rings is 1. The van der Waals surface area contributed by atoms with Gasteiger partial charge in [0.25, 0.3) is 5.91 Å². The molecule has 0 atom stereocenters. The molecule has 3 aromatic rings. The van der Waals surface area contributed by atoms with E-state index in [0.717, 1.165) is 23.9 Å². The normalized spacial score (nSPS) is 14.1. The molecule has 0 saturated carbocycles. The van der Waals surface area contributed by atoms with Crippen LogP contribution in [0.4, 0.5) is 15.8 Å². The number of carbonyl (C=O) groups is 2. The van der Waals surface area contributed by atoms with Crippen LogP contribution in [0.15, 0.2) is 60.0 Å². The highest BCUT2D eigenvalue weighted by molar-refractivity contribution is 7.98. The van der Waals surface area contributed by atoms with E-state index < -0.39 is 5.82 Å². The van der Waals surface area contributed by atoms with E-state index in [1.165, 1.54) is 30.0 Å². The van der Waals surface area contributed by atoms with E-state index in [-0.39, 0.29) is 23.9 Å². The van der Waals surface area contributed by atoms with E-state index in [9.17, 15) is 14.0 Å². The fourth-order valence-electron chi connectivity index (χ4n) is 3.63. The van der Waals surface area contributed by atoms with Gasteiger partial charge < -0.3 is 15.4 Å². The SMILES string of the molecule is CSc1nccn1-c1cccc(C(=O)Nc2ccc(F)c(NC(=O)CCN3CCOCC3)c2)c1. The highest BCUT2D eigenvalue weighted by Gasteiger charge is 2.15. The summed E-state index contributed by atoms with van der Waals surface area (Å²) in [7, 11) is 0. The molecule has 0 bridgehead atoms. The number of halogens is 1. The third kappa shape index (κ3) is 6.02. The van der Waals surface area contributed by atoms with Crippen LogP contribution in [-0.4, -0.2) is 65.4 Å². The van der Waals surface area contributed by atoms with E-state index in [4.69, 9.17) is 4.74 Å². The second-order valence-corrected chi connectivity index (χ2v) is 8.51. The number of carbonyl (C=O) groups excluding carboxylic acids is 2. The molecule has 178 valence electrons. The van der Waals surface area contributed by atoms with Crippen LogP contribution in [-0.2, 0) is 9.53 Å². The van der Waals surface area contributed by atoms with Gasteiger partial charge in [0.15, 0.2) is 5.16 Å². The van der Waals surface area contributed by atoms with Crippen molar-refractivity contribution in [1.29, 1.82) is 0 Å². The number of nitrogens with one attached hydrogen (secondary N) is 2. The summed E-state index contributed by atoms with van der Waals surface area (Å²) in [4.78, 5) is 31.6. The Bertz CT molecular complexity index is 1160. The summed E-state index contributed by atoms with van der Waals surface area (Å²) in [5, 5.41) is 6.19. The molecule has 0 aliphatic carbocycles. The van der Waals surface area contributed by atoms with E-state index >= 15 is 0 Å². The topological polar surface area (TPSA) is 88.5 Å². The first-order valence-electron chi connectivity index (χ1n) is 10.9. The number of ether oxygens (including phenoxy) is 1. The van der Waals surface area contributed by atoms with Gasteiger partial charge in [0.05, 0.1) is 18.9 Å². The molecule has 2 amide bonds. The molecule has 1 aliphatic heterocycles. The maximum absolute atomic E-state index is 14.3. The Hall–Kier alpha value is -3.21. The summed E-state index contributed by atoms with van der Waals surface area (Å²) < 4.78 is 21.5. The van der Waals surface area contributed by atoms with Crippen LogP contribution < -0.4 is 10.6 Å². The van der Waals surface area contributed by atoms with Crippen molar-refractivity contribution in [2.45, 2.75) is 11.6 Å². The van der Waals surface area contributed by atoms with Gasteiger partial charge in [-0.1, -0.05) is 17.8 Å². The Labute approximate surface area is 201 Å². The second-order valence-electron chi connectivity index (χ2n) is 7.74. The lowest BCUT2D eigenvalue weighted by atomic mass is 10.1. The molecule has 1 saturated heterocycles. The number of hydrogen-bond acceptors (Lipinski definition) is 6. The van der Waals surface area contributed by atoms with Gasteiger partial charge >= 0.3 is 0 Å². The number of nitrogens with zero attached hydrogens (tertiary/aromatic N) is 3. The van der Waals surface area contributed by atoms with Crippen LogP contribution in [0.3, 0.4) is 0 Å². The Morgan fingerprint density at radius 2 is 1.97 bits per heavy atom. The summed E-state index contributed by atoms with van der Waals surface area (Å²) >= 11 is 1.51. The predicted octanol–water partition coefficient (Wildman–Crippen LogP) is 3.65. The van der Waals surface area contributed by atoms with E-state index in [1.807, 2.05) is 23.1 Å². The van der Waals surface area contributed by atoms with Gasteiger partial charge in [-0.3, -0.25) is 19.1 Å². The van der Waals surface area contributed by atoms with Crippen molar-refractivity contribution in [3.05, 3.63) is 66.2 Å². The van der Waals surface area contributed by atoms with Crippen molar-refractivity contribution in [3.8, 4) is 5.69 Å². The van der Waals surface area contributed by atoms with Crippen molar-refractivity contribution in [1.82, 2.24) is 14.5 Å². The lowest BCUT2D eigenvalue weighted by Crippen LogP contribution is -2.38. The maximum Gasteiger partial charge on any atom is 0.255 e. The van der Waals surface area contributed by atoms with Gasteiger partial charge in [-0.15, -0.1) is 0 Å². The van der Waals surface area contributed by atoms with Gasteiger partial charge in [0.1, 0.15) is 5.82 Å². The zero-order chi connectivity index (χ0) is 23.9. The molecular weight excluding hydrogens is 457 g/mol. The van der Waals surface area contributed by atoms with Crippen molar-refractivity contribution in [2.75, 3.05) is 49.7 Å². The first-order valence-corrected chi connectivity index (χ1v) is 12.1. The number of benzene rings is 2. The van der Waals surface area contributed by atoms with E-state index in [1.54, 1.807) is 24.4 Å². The molecule has 2 N–H and O–H groups in total. The summed E-state index contributed by atoms with van der Waals surface area (Å²) in [6.45, 7) is 3.45. The van der Waals surface area contributed by atoms with Gasteiger partial charge in [-0.2, -0.15) is 0 Å². The van der Waals surface area contributed by atoms with E-state index in [2.05, 4.69) is 20.5 Å². The molecule has 4 rings (SSSR count). The number of amides is 2. The number of thioether (sulfide) groups is 1. The number of aromatic nitrogens is 2. The third-order valence-corrected chi connectivity index (χ3v) is 6.10.